The van der Waals surface area contributed by atoms with Crippen molar-refractivity contribution in [1.82, 2.24) is 0 Å². The third-order valence-electron chi connectivity index (χ3n) is 3.18. The van der Waals surface area contributed by atoms with Crippen LogP contribution in [0.25, 0.3) is 0 Å². The van der Waals surface area contributed by atoms with Gasteiger partial charge in [-0.15, -0.1) is 0 Å². The Kier molecular flexibility index (Phi) is 4.79. The van der Waals surface area contributed by atoms with Gasteiger partial charge < -0.3 is 9.57 Å². The zero-order valence-electron chi connectivity index (χ0n) is 11.7. The van der Waals surface area contributed by atoms with Crippen molar-refractivity contribution in [3.05, 3.63) is 71.3 Å². The molecule has 0 amide bonds. The minimum Gasteiger partial charge on any atom is -0.471 e. The Labute approximate surface area is 129 Å². The second kappa shape index (κ2) is 7.18. The van der Waals surface area contributed by atoms with Gasteiger partial charge in [0.25, 0.3) is 5.90 Å². The van der Waals surface area contributed by atoms with Crippen molar-refractivity contribution in [3.8, 4) is 0 Å². The molecule has 0 atom stereocenters. The van der Waals surface area contributed by atoms with Gasteiger partial charge in [0.2, 0.25) is 0 Å². The molecule has 0 saturated carbocycles. The highest BCUT2D eigenvalue weighted by atomic mass is 32.2. The van der Waals surface area contributed by atoms with Crippen LogP contribution in [-0.4, -0.2) is 19.1 Å². The molecular weight excluding hydrogens is 282 g/mol. The maximum Gasteiger partial charge on any atom is 0.258 e. The van der Waals surface area contributed by atoms with Gasteiger partial charge >= 0.3 is 0 Å². The van der Waals surface area contributed by atoms with Gasteiger partial charge in [0.1, 0.15) is 6.61 Å². The number of nitrogens with zero attached hydrogens (tertiary/aromatic N) is 1. The molecule has 0 radical (unpaired) electrons. The highest BCUT2D eigenvalue weighted by molar-refractivity contribution is 7.97. The van der Waals surface area contributed by atoms with Crippen LogP contribution in [0, 0.1) is 0 Å². The molecule has 0 N–H and O–H groups in total. The van der Waals surface area contributed by atoms with Gasteiger partial charge in [-0.3, -0.25) is 0 Å². The molecule has 0 aliphatic carbocycles. The molecule has 108 valence electrons. The third-order valence-corrected chi connectivity index (χ3v) is 4.23. The Morgan fingerprint density at radius 3 is 2.52 bits per heavy atom. The summed E-state index contributed by atoms with van der Waals surface area (Å²) >= 11 is 1.89. The summed E-state index contributed by atoms with van der Waals surface area (Å²) in [5.41, 5.74) is 3.59. The molecule has 0 unspecified atom stereocenters. The lowest BCUT2D eigenvalue weighted by atomic mass is 10.1. The zero-order valence-corrected chi connectivity index (χ0v) is 12.5. The standard InChI is InChI=1S/C17H17NO2S/c1-2-6-14(7-3-1)12-21-13-15-8-4-5-9-16(15)17-18-20-11-10-19-17/h1-9H,10-13H2. The Morgan fingerprint density at radius 1 is 0.905 bits per heavy atom. The predicted octanol–water partition coefficient (Wildman–Crippen LogP) is 3.83. The molecule has 21 heavy (non-hydrogen) atoms. The summed E-state index contributed by atoms with van der Waals surface area (Å²) in [5, 5.41) is 4.01. The average Bonchev–Trinajstić information content (AvgIpc) is 2.57. The largest absolute Gasteiger partial charge is 0.471 e. The van der Waals surface area contributed by atoms with Crippen molar-refractivity contribution in [2.24, 2.45) is 5.16 Å². The summed E-state index contributed by atoms with van der Waals surface area (Å²) in [4.78, 5) is 5.12. The van der Waals surface area contributed by atoms with E-state index in [1.807, 2.05) is 36.0 Å². The number of oxime groups is 1. The van der Waals surface area contributed by atoms with E-state index < -0.39 is 0 Å². The van der Waals surface area contributed by atoms with Crippen LogP contribution in [-0.2, 0) is 21.1 Å². The molecule has 3 nitrogen and oxygen atoms in total. The fourth-order valence-electron chi connectivity index (χ4n) is 2.14. The van der Waals surface area contributed by atoms with Crippen LogP contribution in [0.2, 0.25) is 0 Å². The first-order valence-electron chi connectivity index (χ1n) is 6.96. The van der Waals surface area contributed by atoms with Gasteiger partial charge in [-0.25, -0.2) is 0 Å². The van der Waals surface area contributed by atoms with Crippen LogP contribution in [0.5, 0.6) is 0 Å². The second-order valence-corrected chi connectivity index (χ2v) is 5.70. The molecule has 1 heterocycles. The molecule has 0 saturated heterocycles. The fourth-order valence-corrected chi connectivity index (χ4v) is 3.14. The van der Waals surface area contributed by atoms with E-state index in [4.69, 9.17) is 9.57 Å². The van der Waals surface area contributed by atoms with Crippen molar-refractivity contribution >= 4 is 17.7 Å². The van der Waals surface area contributed by atoms with Crippen LogP contribution >= 0.6 is 11.8 Å². The average molecular weight is 299 g/mol. The molecule has 1 aliphatic heterocycles. The molecule has 0 spiro atoms. The van der Waals surface area contributed by atoms with Crippen LogP contribution in [0.3, 0.4) is 0 Å². The Morgan fingerprint density at radius 2 is 1.71 bits per heavy atom. The van der Waals surface area contributed by atoms with E-state index in [9.17, 15) is 0 Å². The van der Waals surface area contributed by atoms with E-state index in [0.717, 1.165) is 17.1 Å². The summed E-state index contributed by atoms with van der Waals surface area (Å²) in [6.45, 7) is 1.08. The molecule has 1 aliphatic rings. The maximum atomic E-state index is 5.59. The lowest BCUT2D eigenvalue weighted by molar-refractivity contribution is 0.0655. The first kappa shape index (κ1) is 14.0. The SMILES string of the molecule is c1ccc(CSCc2ccccc2C2=NOCCO2)cc1. The van der Waals surface area contributed by atoms with Crippen molar-refractivity contribution in [2.45, 2.75) is 11.5 Å². The first-order chi connectivity index (χ1) is 10.4. The Balaban J connectivity index is 1.66. The zero-order chi connectivity index (χ0) is 14.3. The summed E-state index contributed by atoms with van der Waals surface area (Å²) in [5.74, 6) is 2.52. The molecular formula is C17H17NO2S. The van der Waals surface area contributed by atoms with Crippen molar-refractivity contribution in [3.63, 3.8) is 0 Å². The van der Waals surface area contributed by atoms with Crippen LogP contribution in [0.15, 0.2) is 59.8 Å². The summed E-state index contributed by atoms with van der Waals surface area (Å²) in [7, 11) is 0. The minimum atomic E-state index is 0.522. The van der Waals surface area contributed by atoms with Gasteiger partial charge in [-0.2, -0.15) is 11.8 Å². The monoisotopic (exact) mass is 299 g/mol. The molecule has 3 rings (SSSR count). The maximum absolute atomic E-state index is 5.59. The van der Waals surface area contributed by atoms with Gasteiger partial charge in [0, 0.05) is 17.1 Å². The lowest BCUT2D eigenvalue weighted by Crippen LogP contribution is -2.18. The van der Waals surface area contributed by atoms with Gasteiger partial charge in [0.05, 0.1) is 0 Å². The van der Waals surface area contributed by atoms with Crippen LogP contribution in [0.1, 0.15) is 16.7 Å². The fraction of sp³-hybridized carbons (Fsp3) is 0.235. The number of benzene rings is 2. The van der Waals surface area contributed by atoms with E-state index in [2.05, 4.69) is 35.5 Å². The van der Waals surface area contributed by atoms with E-state index in [1.165, 1.54) is 11.1 Å². The van der Waals surface area contributed by atoms with E-state index in [-0.39, 0.29) is 0 Å². The molecule has 4 heteroatoms. The quantitative estimate of drug-likeness (QED) is 0.840. The second-order valence-electron chi connectivity index (χ2n) is 4.71. The van der Waals surface area contributed by atoms with Crippen molar-refractivity contribution in [2.75, 3.05) is 13.2 Å². The number of ether oxygens (including phenoxy) is 1. The summed E-state index contributed by atoms with van der Waals surface area (Å²) in [6, 6.07) is 18.7. The van der Waals surface area contributed by atoms with Gasteiger partial charge in [-0.05, 0) is 22.3 Å². The van der Waals surface area contributed by atoms with E-state index in [0.29, 0.717) is 19.1 Å². The Bertz CT molecular complexity index is 613. The number of hydrogen-bond acceptors (Lipinski definition) is 4. The summed E-state index contributed by atoms with van der Waals surface area (Å²) < 4.78 is 5.59. The topological polar surface area (TPSA) is 30.8 Å². The van der Waals surface area contributed by atoms with Crippen LogP contribution in [0.4, 0.5) is 0 Å². The van der Waals surface area contributed by atoms with E-state index >= 15 is 0 Å². The minimum absolute atomic E-state index is 0.522. The van der Waals surface area contributed by atoms with Crippen molar-refractivity contribution < 1.29 is 9.57 Å². The molecule has 2 aromatic carbocycles. The molecule has 0 fully saturated rings. The Hall–Kier alpha value is -1.94. The molecule has 0 aromatic heterocycles. The highest BCUT2D eigenvalue weighted by Gasteiger charge is 2.14. The van der Waals surface area contributed by atoms with E-state index in [1.54, 1.807) is 0 Å². The summed E-state index contributed by atoms with van der Waals surface area (Å²) in [6.07, 6.45) is 0. The number of hydrogen-bond donors (Lipinski definition) is 0. The molecule has 2 aromatic rings. The normalized spacial score (nSPS) is 14.0. The lowest BCUT2D eigenvalue weighted by Gasteiger charge is -2.16. The van der Waals surface area contributed by atoms with Gasteiger partial charge in [0.15, 0.2) is 6.61 Å². The van der Waals surface area contributed by atoms with Crippen LogP contribution < -0.4 is 0 Å². The highest BCUT2D eigenvalue weighted by Crippen LogP contribution is 2.21. The van der Waals surface area contributed by atoms with Crippen molar-refractivity contribution in [1.29, 1.82) is 0 Å². The van der Waals surface area contributed by atoms with Gasteiger partial charge in [-0.1, -0.05) is 48.5 Å². The first-order valence-corrected chi connectivity index (χ1v) is 8.11. The number of rotatable bonds is 5. The molecule has 0 bridgehead atoms. The number of thioether (sulfide) groups is 1. The third kappa shape index (κ3) is 3.79. The predicted molar refractivity (Wildman–Crippen MR) is 86.3 cm³/mol. The smallest absolute Gasteiger partial charge is 0.258 e.